The van der Waals surface area contributed by atoms with Crippen molar-refractivity contribution in [3.8, 4) is 0 Å². The number of likely N-dealkylation sites (tertiary alicyclic amines) is 1. The van der Waals surface area contributed by atoms with E-state index in [4.69, 9.17) is 9.47 Å². The van der Waals surface area contributed by atoms with E-state index >= 15 is 0 Å². The summed E-state index contributed by atoms with van der Waals surface area (Å²) in [6.07, 6.45) is 5.52. The molecular weight excluding hydrogens is 335 g/mol. The number of hydrogen-bond donors (Lipinski definition) is 0. The van der Waals surface area contributed by atoms with Crippen LogP contribution in [-0.4, -0.2) is 47.5 Å². The van der Waals surface area contributed by atoms with Crippen molar-refractivity contribution >= 4 is 5.91 Å². The van der Waals surface area contributed by atoms with Gasteiger partial charge in [-0.05, 0) is 29.8 Å². The summed E-state index contributed by atoms with van der Waals surface area (Å²) >= 11 is 0. The van der Waals surface area contributed by atoms with Crippen LogP contribution in [0, 0.1) is 5.82 Å². The van der Waals surface area contributed by atoms with Gasteiger partial charge < -0.3 is 18.9 Å². The lowest BCUT2D eigenvalue weighted by molar-refractivity contribution is -0.187. The minimum Gasteiger partial charge on any atom is -0.347 e. The first-order valence-electron chi connectivity index (χ1n) is 9.09. The number of halogens is 1. The number of rotatable bonds is 4. The number of nitrogens with zero attached hydrogens (tertiary/aromatic N) is 2. The second-order valence-corrected chi connectivity index (χ2v) is 6.89. The molecule has 0 aliphatic carbocycles. The lowest BCUT2D eigenvalue weighted by Gasteiger charge is -2.38. The summed E-state index contributed by atoms with van der Waals surface area (Å²) in [5.41, 5.74) is 0.797. The van der Waals surface area contributed by atoms with Gasteiger partial charge in [0.1, 0.15) is 5.82 Å². The van der Waals surface area contributed by atoms with Crippen LogP contribution in [0.2, 0.25) is 0 Å². The Kier molecular flexibility index (Phi) is 4.78. The van der Waals surface area contributed by atoms with Gasteiger partial charge in [0.15, 0.2) is 5.79 Å². The Morgan fingerprint density at radius 2 is 1.81 bits per heavy atom. The molecule has 26 heavy (non-hydrogen) atoms. The summed E-state index contributed by atoms with van der Waals surface area (Å²) in [5, 5.41) is 0. The quantitative estimate of drug-likeness (QED) is 0.844. The zero-order valence-corrected chi connectivity index (χ0v) is 14.6. The monoisotopic (exact) mass is 358 g/mol. The molecule has 4 rings (SSSR count). The zero-order valence-electron chi connectivity index (χ0n) is 14.6. The molecule has 0 bridgehead atoms. The van der Waals surface area contributed by atoms with Crippen LogP contribution < -0.4 is 0 Å². The van der Waals surface area contributed by atoms with Crippen molar-refractivity contribution < 1.29 is 18.7 Å². The molecule has 2 aromatic rings. The third-order valence-corrected chi connectivity index (χ3v) is 5.28. The Morgan fingerprint density at radius 3 is 2.46 bits per heavy atom. The lowest BCUT2D eigenvalue weighted by Crippen LogP contribution is -2.47. The third kappa shape index (κ3) is 3.52. The normalized spacial score (nSPS) is 20.4. The predicted octanol–water partition coefficient (Wildman–Crippen LogP) is 2.97. The molecule has 0 radical (unpaired) electrons. The van der Waals surface area contributed by atoms with E-state index in [-0.39, 0.29) is 17.8 Å². The molecule has 1 aromatic heterocycles. The highest BCUT2D eigenvalue weighted by Crippen LogP contribution is 2.32. The van der Waals surface area contributed by atoms with Crippen molar-refractivity contribution in [2.24, 2.45) is 0 Å². The molecule has 5 nitrogen and oxygen atoms in total. The van der Waals surface area contributed by atoms with Gasteiger partial charge in [-0.15, -0.1) is 0 Å². The molecule has 3 heterocycles. The molecule has 1 spiro atoms. The summed E-state index contributed by atoms with van der Waals surface area (Å²) < 4.78 is 27.1. The second-order valence-electron chi connectivity index (χ2n) is 6.89. The van der Waals surface area contributed by atoms with Crippen LogP contribution in [0.25, 0.3) is 0 Å². The summed E-state index contributed by atoms with van der Waals surface area (Å²) in [7, 11) is 0. The molecular formula is C20H23FN2O3. The molecule has 0 saturated carbocycles. The number of piperidine rings is 1. The third-order valence-electron chi connectivity index (χ3n) is 5.28. The van der Waals surface area contributed by atoms with E-state index in [0.29, 0.717) is 45.6 Å². The van der Waals surface area contributed by atoms with Gasteiger partial charge in [0.05, 0.1) is 25.7 Å². The molecule has 2 saturated heterocycles. The van der Waals surface area contributed by atoms with Crippen molar-refractivity contribution in [3.05, 3.63) is 60.2 Å². The molecule has 2 aliphatic heterocycles. The van der Waals surface area contributed by atoms with Gasteiger partial charge in [-0.1, -0.05) is 12.1 Å². The van der Waals surface area contributed by atoms with E-state index in [2.05, 4.69) is 0 Å². The van der Waals surface area contributed by atoms with Gasteiger partial charge in [-0.2, -0.15) is 0 Å². The molecule has 6 heteroatoms. The molecule has 0 unspecified atom stereocenters. The van der Waals surface area contributed by atoms with Crippen LogP contribution in [-0.2, 0) is 14.3 Å². The van der Waals surface area contributed by atoms with Crippen LogP contribution in [0.1, 0.15) is 30.9 Å². The summed E-state index contributed by atoms with van der Waals surface area (Å²) in [4.78, 5) is 14.8. The second kappa shape index (κ2) is 7.21. The summed E-state index contributed by atoms with van der Waals surface area (Å²) in [6, 6.07) is 10.1. The van der Waals surface area contributed by atoms with Gasteiger partial charge >= 0.3 is 0 Å². The molecule has 0 N–H and O–H groups in total. The fourth-order valence-electron chi connectivity index (χ4n) is 3.84. The first kappa shape index (κ1) is 17.2. The summed E-state index contributed by atoms with van der Waals surface area (Å²) in [6.45, 7) is 2.51. The molecule has 1 aromatic carbocycles. The number of carbonyl (C=O) groups excluding carboxylic acids is 1. The van der Waals surface area contributed by atoms with Crippen LogP contribution in [0.5, 0.6) is 0 Å². The van der Waals surface area contributed by atoms with Crippen molar-refractivity contribution in [3.63, 3.8) is 0 Å². The standard InChI is InChI=1S/C20H23FN2O3/c21-17-5-3-4-16(14-17)18(22-8-1-2-9-22)15-19(24)23-10-6-20(7-11-23)25-12-13-26-20/h1-5,8-9,14,18H,6-7,10-13,15H2/t18-/m1/s1. The van der Waals surface area contributed by atoms with Crippen LogP contribution >= 0.6 is 0 Å². The Labute approximate surface area is 152 Å². The summed E-state index contributed by atoms with van der Waals surface area (Å²) in [5.74, 6) is -0.706. The number of ether oxygens (including phenoxy) is 2. The largest absolute Gasteiger partial charge is 0.347 e. The van der Waals surface area contributed by atoms with Crippen LogP contribution in [0.4, 0.5) is 4.39 Å². The van der Waals surface area contributed by atoms with Gasteiger partial charge in [0.2, 0.25) is 5.91 Å². The number of carbonyl (C=O) groups is 1. The first-order chi connectivity index (χ1) is 12.7. The Hall–Kier alpha value is -2.18. The number of benzene rings is 1. The zero-order chi connectivity index (χ0) is 18.0. The first-order valence-corrected chi connectivity index (χ1v) is 9.09. The number of aromatic nitrogens is 1. The number of amides is 1. The topological polar surface area (TPSA) is 43.7 Å². The SMILES string of the molecule is O=C(C[C@H](c1cccc(F)c1)n1cccc1)N1CCC2(CC1)OCCO2. The van der Waals surface area contributed by atoms with Crippen LogP contribution in [0.3, 0.4) is 0 Å². The Bertz CT molecular complexity index is 746. The molecule has 138 valence electrons. The van der Waals surface area contributed by atoms with Gasteiger partial charge in [0, 0.05) is 38.3 Å². The van der Waals surface area contributed by atoms with E-state index in [1.807, 2.05) is 40.1 Å². The van der Waals surface area contributed by atoms with Crippen molar-refractivity contribution in [2.75, 3.05) is 26.3 Å². The van der Waals surface area contributed by atoms with E-state index in [0.717, 1.165) is 5.56 Å². The predicted molar refractivity (Wildman–Crippen MR) is 94.0 cm³/mol. The van der Waals surface area contributed by atoms with E-state index in [9.17, 15) is 9.18 Å². The molecule has 2 fully saturated rings. The fraction of sp³-hybridized carbons (Fsp3) is 0.450. The smallest absolute Gasteiger partial charge is 0.225 e. The maximum Gasteiger partial charge on any atom is 0.225 e. The lowest BCUT2D eigenvalue weighted by atomic mass is 10.00. The van der Waals surface area contributed by atoms with E-state index in [1.54, 1.807) is 6.07 Å². The van der Waals surface area contributed by atoms with Crippen molar-refractivity contribution in [1.82, 2.24) is 9.47 Å². The Morgan fingerprint density at radius 1 is 1.12 bits per heavy atom. The maximum atomic E-state index is 13.7. The molecule has 1 amide bonds. The van der Waals surface area contributed by atoms with Crippen molar-refractivity contribution in [2.45, 2.75) is 31.1 Å². The van der Waals surface area contributed by atoms with Gasteiger partial charge in [0.25, 0.3) is 0 Å². The molecule has 2 aliphatic rings. The highest BCUT2D eigenvalue weighted by Gasteiger charge is 2.41. The number of hydrogen-bond acceptors (Lipinski definition) is 3. The Balaban J connectivity index is 1.47. The average Bonchev–Trinajstić information content (AvgIpc) is 3.33. The van der Waals surface area contributed by atoms with Gasteiger partial charge in [-0.3, -0.25) is 4.79 Å². The fourth-order valence-corrected chi connectivity index (χ4v) is 3.84. The average molecular weight is 358 g/mol. The minimum atomic E-state index is -0.487. The van der Waals surface area contributed by atoms with E-state index < -0.39 is 5.79 Å². The maximum absolute atomic E-state index is 13.7. The van der Waals surface area contributed by atoms with Crippen LogP contribution in [0.15, 0.2) is 48.8 Å². The van der Waals surface area contributed by atoms with E-state index in [1.165, 1.54) is 12.1 Å². The minimum absolute atomic E-state index is 0.0702. The van der Waals surface area contributed by atoms with Gasteiger partial charge in [-0.25, -0.2) is 4.39 Å². The highest BCUT2D eigenvalue weighted by molar-refractivity contribution is 5.77. The molecule has 1 atom stereocenters. The van der Waals surface area contributed by atoms with Crippen molar-refractivity contribution in [1.29, 1.82) is 0 Å². The highest BCUT2D eigenvalue weighted by atomic mass is 19.1.